The van der Waals surface area contributed by atoms with Gasteiger partial charge in [-0.25, -0.2) is 4.79 Å². The molecule has 31 heavy (non-hydrogen) atoms. The Morgan fingerprint density at radius 2 is 1.71 bits per heavy atom. The molecule has 1 aromatic heterocycles. The van der Waals surface area contributed by atoms with E-state index in [0.29, 0.717) is 17.8 Å². The Hall–Kier alpha value is -4.20. The van der Waals surface area contributed by atoms with Crippen LogP contribution < -0.4 is 10.6 Å². The lowest BCUT2D eigenvalue weighted by Gasteiger charge is -2.15. The van der Waals surface area contributed by atoms with Gasteiger partial charge in [0.05, 0.1) is 12.2 Å². The maximum absolute atomic E-state index is 12.5. The number of aromatic nitrogens is 1. The molecular formula is C23H22N4O4. The highest BCUT2D eigenvalue weighted by atomic mass is 16.4. The van der Waals surface area contributed by atoms with E-state index in [4.69, 9.17) is 5.11 Å². The number of hydrogen-bond donors (Lipinski definition) is 3. The number of carboxylic acid groups (broad SMARTS) is 1. The highest BCUT2D eigenvalue weighted by molar-refractivity contribution is 5.97. The van der Waals surface area contributed by atoms with Gasteiger partial charge in [-0.05, 0) is 47.5 Å². The molecule has 3 rings (SSSR count). The van der Waals surface area contributed by atoms with Crippen molar-refractivity contribution in [2.75, 3.05) is 18.9 Å². The van der Waals surface area contributed by atoms with Gasteiger partial charge in [-0.15, -0.1) is 0 Å². The fourth-order valence-corrected chi connectivity index (χ4v) is 2.95. The summed E-state index contributed by atoms with van der Waals surface area (Å²) in [6.07, 6.45) is 1.66. The van der Waals surface area contributed by atoms with Crippen molar-refractivity contribution >= 4 is 23.6 Å². The maximum atomic E-state index is 12.5. The number of carboxylic acids is 1. The standard InChI is InChI=1S/C23H22N4O4/c1-27(15-21(28)29)22(30)18-8-4-6-16(12-18)17-7-5-10-19(13-17)26-23(31)25-14-20-9-2-3-11-24-20/h2-13H,14-15H2,1H3,(H,28,29)(H2,25,26,31). The van der Waals surface area contributed by atoms with Crippen LogP contribution in [0.4, 0.5) is 10.5 Å². The number of carbonyl (C=O) groups is 3. The molecule has 0 atom stereocenters. The minimum Gasteiger partial charge on any atom is -0.480 e. The normalized spacial score (nSPS) is 10.2. The molecule has 158 valence electrons. The zero-order valence-corrected chi connectivity index (χ0v) is 16.9. The summed E-state index contributed by atoms with van der Waals surface area (Å²) in [6.45, 7) is -0.0730. The van der Waals surface area contributed by atoms with Crippen molar-refractivity contribution in [1.29, 1.82) is 0 Å². The fraction of sp³-hybridized carbons (Fsp3) is 0.130. The van der Waals surface area contributed by atoms with Crippen molar-refractivity contribution in [3.63, 3.8) is 0 Å². The molecule has 8 heteroatoms. The van der Waals surface area contributed by atoms with Crippen LogP contribution in [-0.4, -0.2) is 46.5 Å². The number of nitrogens with zero attached hydrogens (tertiary/aromatic N) is 2. The van der Waals surface area contributed by atoms with Crippen LogP contribution >= 0.6 is 0 Å². The molecule has 0 saturated carbocycles. The van der Waals surface area contributed by atoms with Gasteiger partial charge in [0.15, 0.2) is 0 Å². The second kappa shape index (κ2) is 10.0. The molecule has 1 heterocycles. The van der Waals surface area contributed by atoms with Gasteiger partial charge in [0.1, 0.15) is 6.54 Å². The zero-order valence-electron chi connectivity index (χ0n) is 16.9. The monoisotopic (exact) mass is 418 g/mol. The van der Waals surface area contributed by atoms with Gasteiger partial charge in [0.2, 0.25) is 0 Å². The van der Waals surface area contributed by atoms with Crippen molar-refractivity contribution < 1.29 is 19.5 Å². The third-order valence-corrected chi connectivity index (χ3v) is 4.44. The van der Waals surface area contributed by atoms with Gasteiger partial charge in [-0.1, -0.05) is 30.3 Å². The molecule has 0 saturated heterocycles. The maximum Gasteiger partial charge on any atom is 0.323 e. The largest absolute Gasteiger partial charge is 0.480 e. The molecule has 3 amide bonds. The second-order valence-electron chi connectivity index (χ2n) is 6.85. The highest BCUT2D eigenvalue weighted by Gasteiger charge is 2.15. The molecule has 0 aliphatic carbocycles. The smallest absolute Gasteiger partial charge is 0.323 e. The van der Waals surface area contributed by atoms with Crippen molar-refractivity contribution in [3.8, 4) is 11.1 Å². The third kappa shape index (κ3) is 6.14. The number of carbonyl (C=O) groups excluding carboxylic acids is 2. The molecule has 0 aliphatic heterocycles. The summed E-state index contributed by atoms with van der Waals surface area (Å²) in [6, 6.07) is 19.3. The van der Waals surface area contributed by atoms with E-state index in [0.717, 1.165) is 21.7 Å². The summed E-state index contributed by atoms with van der Waals surface area (Å²) < 4.78 is 0. The summed E-state index contributed by atoms with van der Waals surface area (Å²) in [5.41, 5.74) is 3.30. The molecule has 8 nitrogen and oxygen atoms in total. The predicted molar refractivity (Wildman–Crippen MR) is 117 cm³/mol. The number of pyridine rings is 1. The first-order valence-electron chi connectivity index (χ1n) is 9.55. The third-order valence-electron chi connectivity index (χ3n) is 4.44. The first kappa shape index (κ1) is 21.5. The van der Waals surface area contributed by atoms with Crippen LogP contribution in [0, 0.1) is 0 Å². The Morgan fingerprint density at radius 1 is 0.968 bits per heavy atom. The van der Waals surface area contributed by atoms with Crippen LogP contribution in [0.2, 0.25) is 0 Å². The van der Waals surface area contributed by atoms with Crippen molar-refractivity contribution in [2.24, 2.45) is 0 Å². The number of rotatable bonds is 7. The Kier molecular flexibility index (Phi) is 6.95. The van der Waals surface area contributed by atoms with Gasteiger partial charge in [-0.2, -0.15) is 0 Å². The van der Waals surface area contributed by atoms with E-state index in [1.807, 2.05) is 30.3 Å². The van der Waals surface area contributed by atoms with Crippen molar-refractivity contribution in [2.45, 2.75) is 6.54 Å². The summed E-state index contributed by atoms with van der Waals surface area (Å²) in [4.78, 5) is 40.8. The van der Waals surface area contributed by atoms with Crippen molar-refractivity contribution in [1.82, 2.24) is 15.2 Å². The van der Waals surface area contributed by atoms with Crippen LogP contribution in [0.1, 0.15) is 16.1 Å². The number of urea groups is 1. The molecule has 2 aromatic carbocycles. The minimum absolute atomic E-state index is 0.306. The Balaban J connectivity index is 1.69. The first-order valence-corrected chi connectivity index (χ1v) is 9.55. The first-order chi connectivity index (χ1) is 14.9. The van der Waals surface area contributed by atoms with Crippen LogP contribution in [0.3, 0.4) is 0 Å². The summed E-state index contributed by atoms with van der Waals surface area (Å²) in [7, 11) is 1.44. The van der Waals surface area contributed by atoms with E-state index in [-0.39, 0.29) is 18.5 Å². The van der Waals surface area contributed by atoms with Crippen LogP contribution in [0.15, 0.2) is 72.9 Å². The number of amides is 3. The Labute approximate surface area is 179 Å². The topological polar surface area (TPSA) is 112 Å². The van der Waals surface area contributed by atoms with Gasteiger partial charge in [0, 0.05) is 24.5 Å². The molecule has 0 aliphatic rings. The summed E-state index contributed by atoms with van der Waals surface area (Å²) in [5.74, 6) is -1.46. The Morgan fingerprint density at radius 3 is 2.42 bits per heavy atom. The molecule has 0 radical (unpaired) electrons. The molecular weight excluding hydrogens is 396 g/mol. The Bertz CT molecular complexity index is 1090. The predicted octanol–water partition coefficient (Wildman–Crippen LogP) is 3.23. The second-order valence-corrected chi connectivity index (χ2v) is 6.85. The molecule has 3 aromatic rings. The lowest BCUT2D eigenvalue weighted by Crippen LogP contribution is -2.31. The number of benzene rings is 2. The molecule has 0 unspecified atom stereocenters. The van der Waals surface area contributed by atoms with E-state index >= 15 is 0 Å². The number of hydrogen-bond acceptors (Lipinski definition) is 4. The van der Waals surface area contributed by atoms with Crippen LogP contribution in [-0.2, 0) is 11.3 Å². The molecule has 0 spiro atoms. The van der Waals surface area contributed by atoms with Crippen LogP contribution in [0.5, 0.6) is 0 Å². The van der Waals surface area contributed by atoms with Gasteiger partial charge in [0.25, 0.3) is 5.91 Å². The van der Waals surface area contributed by atoms with E-state index in [9.17, 15) is 14.4 Å². The summed E-state index contributed by atoms with van der Waals surface area (Å²) >= 11 is 0. The SMILES string of the molecule is CN(CC(=O)O)C(=O)c1cccc(-c2cccc(NC(=O)NCc3ccccn3)c2)c1. The molecule has 0 fully saturated rings. The number of likely N-dealkylation sites (N-methyl/N-ethyl adjacent to an activating group) is 1. The average molecular weight is 418 g/mol. The van der Waals surface area contributed by atoms with E-state index in [1.165, 1.54) is 7.05 Å². The van der Waals surface area contributed by atoms with E-state index < -0.39 is 5.97 Å². The lowest BCUT2D eigenvalue weighted by atomic mass is 10.0. The van der Waals surface area contributed by atoms with E-state index in [2.05, 4.69) is 15.6 Å². The van der Waals surface area contributed by atoms with E-state index in [1.54, 1.807) is 42.6 Å². The van der Waals surface area contributed by atoms with Gasteiger partial charge >= 0.3 is 12.0 Å². The van der Waals surface area contributed by atoms with Gasteiger partial charge < -0.3 is 20.6 Å². The quantitative estimate of drug-likeness (QED) is 0.545. The number of anilines is 1. The molecule has 3 N–H and O–H groups in total. The fourth-order valence-electron chi connectivity index (χ4n) is 2.95. The minimum atomic E-state index is -1.08. The summed E-state index contributed by atoms with van der Waals surface area (Å²) in [5, 5.41) is 14.4. The lowest BCUT2D eigenvalue weighted by molar-refractivity contribution is -0.137. The average Bonchev–Trinajstić information content (AvgIpc) is 2.78. The highest BCUT2D eigenvalue weighted by Crippen LogP contribution is 2.24. The zero-order chi connectivity index (χ0) is 22.2. The molecule has 0 bridgehead atoms. The van der Waals surface area contributed by atoms with Crippen LogP contribution in [0.25, 0.3) is 11.1 Å². The number of nitrogens with one attached hydrogen (secondary N) is 2. The van der Waals surface area contributed by atoms with Gasteiger partial charge in [-0.3, -0.25) is 14.6 Å². The number of aliphatic carboxylic acids is 1. The van der Waals surface area contributed by atoms with Crippen molar-refractivity contribution in [3.05, 3.63) is 84.2 Å².